The van der Waals surface area contributed by atoms with E-state index in [1.165, 1.54) is 0 Å². The number of rotatable bonds is 8. The Kier molecular flexibility index (Phi) is 7.60. The summed E-state index contributed by atoms with van der Waals surface area (Å²) in [4.78, 5) is 43.0. The summed E-state index contributed by atoms with van der Waals surface area (Å²) < 4.78 is 11.8. The fraction of sp³-hybridized carbons (Fsp3) is 0.186. The zero-order valence-corrected chi connectivity index (χ0v) is 26.5. The standard InChI is InChI=1S/C43H34O5/c1-47-29-21-22-32-33(23-29)35-25-37(27-15-7-3-8-16-27)48-43(46)41(35)39(32)38-31-20-12-11-19-30(31)34(24-36(44)26-13-5-2-6-14-26)40(38)42(45)28-17-9-4-10-18-28/h2-23,25,34-35,38-41H,24H2,1H3/t34-,35-,38?,39+,40+,41-/m1/s1. The first kappa shape index (κ1) is 29.8. The summed E-state index contributed by atoms with van der Waals surface area (Å²) in [6.07, 6.45) is 2.24. The van der Waals surface area contributed by atoms with Crippen LogP contribution in [0.15, 0.2) is 140 Å². The van der Waals surface area contributed by atoms with Gasteiger partial charge in [0.05, 0.1) is 13.0 Å². The molecule has 236 valence electrons. The van der Waals surface area contributed by atoms with E-state index in [-0.39, 0.29) is 47.6 Å². The Balaban J connectivity index is 1.30. The highest BCUT2D eigenvalue weighted by Crippen LogP contribution is 2.63. The molecule has 2 aliphatic carbocycles. The van der Waals surface area contributed by atoms with Crippen LogP contribution in [0.2, 0.25) is 0 Å². The third-order valence-electron chi connectivity index (χ3n) is 10.5. The number of hydrogen-bond donors (Lipinski definition) is 0. The Morgan fingerprint density at radius 3 is 1.94 bits per heavy atom. The molecule has 0 bridgehead atoms. The van der Waals surface area contributed by atoms with Crippen LogP contribution in [0.25, 0.3) is 5.76 Å². The quantitative estimate of drug-likeness (QED) is 0.127. The number of hydrogen-bond acceptors (Lipinski definition) is 5. The fourth-order valence-electron chi connectivity index (χ4n) is 8.44. The highest BCUT2D eigenvalue weighted by Gasteiger charge is 2.57. The zero-order valence-electron chi connectivity index (χ0n) is 26.5. The third kappa shape index (κ3) is 4.98. The zero-order chi connectivity index (χ0) is 32.8. The molecule has 8 rings (SSSR count). The Labute approximate surface area is 279 Å². The largest absolute Gasteiger partial charge is 0.497 e. The SMILES string of the molecule is COc1ccc2c(c1)[C@H]1C=C(c3ccccc3)OC(=O)[C@H]1[C@@H]2C1c2ccccc2[C@@H](CC(=O)c2ccccc2)[C@@H]1C(=O)c1ccccc1. The van der Waals surface area contributed by atoms with Crippen LogP contribution in [0, 0.1) is 11.8 Å². The van der Waals surface area contributed by atoms with Crippen molar-refractivity contribution < 1.29 is 23.9 Å². The van der Waals surface area contributed by atoms with E-state index in [0.29, 0.717) is 22.6 Å². The molecule has 0 spiro atoms. The molecular weight excluding hydrogens is 596 g/mol. The van der Waals surface area contributed by atoms with E-state index in [1.807, 2.05) is 115 Å². The molecule has 5 aromatic carbocycles. The molecular formula is C43H34O5. The van der Waals surface area contributed by atoms with Gasteiger partial charge in [-0.05, 0) is 40.5 Å². The van der Waals surface area contributed by atoms with Crippen molar-refractivity contribution in [2.75, 3.05) is 7.11 Å². The summed E-state index contributed by atoms with van der Waals surface area (Å²) in [7, 11) is 1.64. The molecule has 1 aliphatic heterocycles. The molecule has 1 heterocycles. The van der Waals surface area contributed by atoms with Gasteiger partial charge in [0.2, 0.25) is 0 Å². The van der Waals surface area contributed by atoms with Crippen LogP contribution in [0.3, 0.4) is 0 Å². The van der Waals surface area contributed by atoms with Gasteiger partial charge in [-0.1, -0.05) is 121 Å². The maximum absolute atomic E-state index is 14.8. The van der Waals surface area contributed by atoms with Crippen LogP contribution in [0.5, 0.6) is 5.75 Å². The predicted molar refractivity (Wildman–Crippen MR) is 184 cm³/mol. The van der Waals surface area contributed by atoms with Gasteiger partial charge in [-0.3, -0.25) is 14.4 Å². The maximum Gasteiger partial charge on any atom is 0.315 e. The second-order valence-electron chi connectivity index (χ2n) is 12.9. The van der Waals surface area contributed by atoms with Crippen LogP contribution in [0.4, 0.5) is 0 Å². The summed E-state index contributed by atoms with van der Waals surface area (Å²) in [5.41, 5.74) is 6.06. The Morgan fingerprint density at radius 1 is 0.646 bits per heavy atom. The number of fused-ring (bicyclic) bond motifs is 4. The summed E-state index contributed by atoms with van der Waals surface area (Å²) in [5, 5.41) is 0. The molecule has 0 radical (unpaired) electrons. The van der Waals surface area contributed by atoms with Gasteiger partial charge in [-0.25, -0.2) is 0 Å². The number of cyclic esters (lactones) is 1. The van der Waals surface area contributed by atoms with E-state index in [1.54, 1.807) is 7.11 Å². The first-order valence-corrected chi connectivity index (χ1v) is 16.5. The molecule has 48 heavy (non-hydrogen) atoms. The molecule has 1 unspecified atom stereocenters. The average molecular weight is 631 g/mol. The third-order valence-corrected chi connectivity index (χ3v) is 10.5. The predicted octanol–water partition coefficient (Wildman–Crippen LogP) is 8.74. The number of Topliss-reactive ketones (excluding diaryl/α,β-unsaturated/α-hetero) is 2. The summed E-state index contributed by atoms with van der Waals surface area (Å²) >= 11 is 0. The molecule has 0 saturated carbocycles. The number of methoxy groups -OCH3 is 1. The van der Waals surface area contributed by atoms with Crippen molar-refractivity contribution in [2.45, 2.75) is 30.1 Å². The maximum atomic E-state index is 14.8. The number of benzene rings is 5. The minimum atomic E-state index is -0.580. The van der Waals surface area contributed by atoms with E-state index in [9.17, 15) is 14.4 Å². The van der Waals surface area contributed by atoms with Crippen molar-refractivity contribution in [3.8, 4) is 5.75 Å². The van der Waals surface area contributed by atoms with E-state index >= 15 is 0 Å². The second-order valence-corrected chi connectivity index (χ2v) is 12.9. The molecule has 5 heteroatoms. The van der Waals surface area contributed by atoms with Gasteiger partial charge >= 0.3 is 5.97 Å². The topological polar surface area (TPSA) is 69.7 Å². The number of carbonyl (C=O) groups excluding carboxylic acids is 3. The van der Waals surface area contributed by atoms with E-state index < -0.39 is 11.8 Å². The van der Waals surface area contributed by atoms with Crippen LogP contribution in [-0.2, 0) is 9.53 Å². The van der Waals surface area contributed by atoms with E-state index in [0.717, 1.165) is 27.8 Å². The molecule has 0 fully saturated rings. The number of carbonyl (C=O) groups is 3. The lowest BCUT2D eigenvalue weighted by Crippen LogP contribution is -2.34. The summed E-state index contributed by atoms with van der Waals surface area (Å²) in [6, 6.07) is 42.4. The first-order chi connectivity index (χ1) is 23.5. The van der Waals surface area contributed by atoms with Crippen molar-refractivity contribution in [3.05, 3.63) is 178 Å². The monoisotopic (exact) mass is 630 g/mol. The fourth-order valence-corrected chi connectivity index (χ4v) is 8.44. The van der Waals surface area contributed by atoms with Gasteiger partial charge in [0, 0.05) is 52.7 Å². The van der Waals surface area contributed by atoms with E-state index in [4.69, 9.17) is 9.47 Å². The molecule has 5 aromatic rings. The van der Waals surface area contributed by atoms with Crippen molar-refractivity contribution in [3.63, 3.8) is 0 Å². The Bertz CT molecular complexity index is 2050. The highest BCUT2D eigenvalue weighted by molar-refractivity contribution is 6.02. The lowest BCUT2D eigenvalue weighted by molar-refractivity contribution is -0.143. The van der Waals surface area contributed by atoms with Gasteiger partial charge in [-0.15, -0.1) is 0 Å². The normalized spacial score (nSPS) is 23.7. The van der Waals surface area contributed by atoms with Crippen molar-refractivity contribution in [1.82, 2.24) is 0 Å². The molecule has 6 atom stereocenters. The van der Waals surface area contributed by atoms with E-state index in [2.05, 4.69) is 24.3 Å². The van der Waals surface area contributed by atoms with Gasteiger partial charge in [0.1, 0.15) is 11.5 Å². The average Bonchev–Trinajstić information content (AvgIpc) is 3.64. The molecule has 0 saturated heterocycles. The highest BCUT2D eigenvalue weighted by atomic mass is 16.5. The van der Waals surface area contributed by atoms with Gasteiger partial charge in [-0.2, -0.15) is 0 Å². The number of esters is 1. The number of ketones is 2. The minimum absolute atomic E-state index is 0.0103. The van der Waals surface area contributed by atoms with Crippen molar-refractivity contribution in [1.29, 1.82) is 0 Å². The van der Waals surface area contributed by atoms with Crippen molar-refractivity contribution in [2.24, 2.45) is 11.8 Å². The molecule has 0 N–H and O–H groups in total. The smallest absolute Gasteiger partial charge is 0.315 e. The second kappa shape index (κ2) is 12.2. The van der Waals surface area contributed by atoms with Gasteiger partial charge in [0.25, 0.3) is 0 Å². The Hall–Kier alpha value is -5.55. The van der Waals surface area contributed by atoms with Crippen molar-refractivity contribution >= 4 is 23.3 Å². The molecule has 0 amide bonds. The summed E-state index contributed by atoms with van der Waals surface area (Å²) in [6.45, 7) is 0. The van der Waals surface area contributed by atoms with Gasteiger partial charge < -0.3 is 9.47 Å². The Morgan fingerprint density at radius 2 is 1.25 bits per heavy atom. The van der Waals surface area contributed by atoms with Crippen LogP contribution < -0.4 is 4.74 Å². The summed E-state index contributed by atoms with van der Waals surface area (Å²) in [5.74, 6) is -1.64. The number of allylic oxidation sites excluding steroid dienone is 1. The number of ether oxygens (including phenoxy) is 2. The van der Waals surface area contributed by atoms with Crippen LogP contribution >= 0.6 is 0 Å². The minimum Gasteiger partial charge on any atom is -0.497 e. The molecule has 0 aromatic heterocycles. The molecule has 3 aliphatic rings. The first-order valence-electron chi connectivity index (χ1n) is 16.5. The van der Waals surface area contributed by atoms with Crippen LogP contribution in [-0.4, -0.2) is 24.6 Å². The lowest BCUT2D eigenvalue weighted by Gasteiger charge is -2.34. The lowest BCUT2D eigenvalue weighted by atomic mass is 9.68. The van der Waals surface area contributed by atoms with Crippen LogP contribution in [0.1, 0.15) is 78.6 Å². The van der Waals surface area contributed by atoms with Gasteiger partial charge in [0.15, 0.2) is 11.6 Å². The molecule has 5 nitrogen and oxygen atoms in total.